The summed E-state index contributed by atoms with van der Waals surface area (Å²) < 4.78 is 0. The average Bonchev–Trinajstić information content (AvgIpc) is 3.16. The summed E-state index contributed by atoms with van der Waals surface area (Å²) >= 11 is 1.50. The molecule has 1 aliphatic heterocycles. The van der Waals surface area contributed by atoms with Crippen LogP contribution in [0.1, 0.15) is 60.0 Å². The second-order valence-corrected chi connectivity index (χ2v) is 8.44. The van der Waals surface area contributed by atoms with E-state index in [-0.39, 0.29) is 11.8 Å². The average molecular weight is 414 g/mol. The maximum absolute atomic E-state index is 12.1. The number of hydrogen-bond donors (Lipinski definition) is 2. The number of nitrogens with one attached hydrogen (secondary N) is 2. The van der Waals surface area contributed by atoms with Crippen molar-refractivity contribution < 1.29 is 9.59 Å². The van der Waals surface area contributed by atoms with Crippen LogP contribution in [-0.2, 0) is 17.9 Å². The van der Waals surface area contributed by atoms with Crippen LogP contribution in [0.2, 0.25) is 0 Å². The lowest BCUT2D eigenvalue weighted by Crippen LogP contribution is -2.27. The first-order valence-corrected chi connectivity index (χ1v) is 11.5. The molecule has 0 spiro atoms. The highest BCUT2D eigenvalue weighted by Crippen LogP contribution is 2.14. The molecule has 2 N–H and O–H groups in total. The van der Waals surface area contributed by atoms with Crippen molar-refractivity contribution in [1.82, 2.24) is 15.5 Å². The molecule has 1 saturated heterocycles. The van der Waals surface area contributed by atoms with Crippen LogP contribution in [0.3, 0.4) is 0 Å². The fourth-order valence-electron chi connectivity index (χ4n) is 3.63. The number of likely N-dealkylation sites (tertiary alicyclic amines) is 1. The zero-order chi connectivity index (χ0) is 20.3. The molecule has 2 amide bonds. The van der Waals surface area contributed by atoms with Gasteiger partial charge in [-0.2, -0.15) is 11.3 Å². The second kappa shape index (κ2) is 11.7. The molecule has 0 radical (unpaired) electrons. The lowest BCUT2D eigenvalue weighted by atomic mass is 10.1. The summed E-state index contributed by atoms with van der Waals surface area (Å²) in [6.45, 7) is 4.42. The zero-order valence-corrected chi connectivity index (χ0v) is 17.8. The van der Waals surface area contributed by atoms with Gasteiger partial charge in [0, 0.05) is 37.0 Å². The fourth-order valence-corrected chi connectivity index (χ4v) is 4.26. The van der Waals surface area contributed by atoms with E-state index < -0.39 is 0 Å². The van der Waals surface area contributed by atoms with Gasteiger partial charge in [0.25, 0.3) is 5.91 Å². The molecule has 1 aromatic heterocycles. The van der Waals surface area contributed by atoms with Gasteiger partial charge in [0.1, 0.15) is 0 Å². The van der Waals surface area contributed by atoms with Gasteiger partial charge in [-0.3, -0.25) is 14.5 Å². The summed E-state index contributed by atoms with van der Waals surface area (Å²) in [7, 11) is 0. The van der Waals surface area contributed by atoms with Gasteiger partial charge in [-0.1, -0.05) is 37.1 Å². The Morgan fingerprint density at radius 2 is 1.79 bits per heavy atom. The summed E-state index contributed by atoms with van der Waals surface area (Å²) in [5.74, 6) is -0.0550. The van der Waals surface area contributed by atoms with Crippen LogP contribution >= 0.6 is 11.3 Å². The molecule has 1 fully saturated rings. The highest BCUT2D eigenvalue weighted by Gasteiger charge is 2.10. The molecule has 2 aromatic rings. The summed E-state index contributed by atoms with van der Waals surface area (Å²) in [5, 5.41) is 9.54. The first kappa shape index (κ1) is 21.5. The maximum Gasteiger partial charge on any atom is 0.252 e. The van der Waals surface area contributed by atoms with Crippen LogP contribution < -0.4 is 10.6 Å². The van der Waals surface area contributed by atoms with E-state index in [0.717, 1.165) is 12.1 Å². The molecule has 3 rings (SSSR count). The van der Waals surface area contributed by atoms with Crippen molar-refractivity contribution in [2.75, 3.05) is 19.6 Å². The molecule has 156 valence electrons. The second-order valence-electron chi connectivity index (χ2n) is 7.66. The van der Waals surface area contributed by atoms with E-state index in [4.69, 9.17) is 0 Å². The Bertz CT molecular complexity index is 768. The van der Waals surface area contributed by atoms with Crippen LogP contribution in [0.4, 0.5) is 0 Å². The van der Waals surface area contributed by atoms with Crippen LogP contribution in [-0.4, -0.2) is 36.3 Å². The van der Waals surface area contributed by atoms with Crippen LogP contribution in [0.5, 0.6) is 0 Å². The number of amides is 2. The van der Waals surface area contributed by atoms with Gasteiger partial charge in [0.05, 0.1) is 0 Å². The first-order valence-electron chi connectivity index (χ1n) is 10.6. The van der Waals surface area contributed by atoms with Gasteiger partial charge in [-0.15, -0.1) is 0 Å². The number of carbonyl (C=O) groups is 2. The molecular formula is C23H31N3O2S. The van der Waals surface area contributed by atoms with E-state index in [2.05, 4.69) is 39.8 Å². The smallest absolute Gasteiger partial charge is 0.252 e. The Hall–Kier alpha value is -2.18. The van der Waals surface area contributed by atoms with Crippen molar-refractivity contribution in [2.45, 2.75) is 51.6 Å². The quantitative estimate of drug-likeness (QED) is 0.612. The molecule has 0 aliphatic carbocycles. The molecule has 0 bridgehead atoms. The van der Waals surface area contributed by atoms with Gasteiger partial charge < -0.3 is 10.6 Å². The minimum Gasteiger partial charge on any atom is -0.352 e. The summed E-state index contributed by atoms with van der Waals surface area (Å²) in [6, 6.07) is 10.3. The van der Waals surface area contributed by atoms with E-state index in [1.165, 1.54) is 55.7 Å². The van der Waals surface area contributed by atoms with Crippen molar-refractivity contribution >= 4 is 23.2 Å². The predicted molar refractivity (Wildman–Crippen MR) is 118 cm³/mol. The maximum atomic E-state index is 12.1. The zero-order valence-electron chi connectivity index (χ0n) is 17.0. The van der Waals surface area contributed by atoms with E-state index in [9.17, 15) is 9.59 Å². The fraction of sp³-hybridized carbons (Fsp3) is 0.478. The number of rotatable bonds is 9. The predicted octanol–water partition coefficient (Wildman–Crippen LogP) is 3.95. The molecule has 5 nitrogen and oxygen atoms in total. The number of benzene rings is 1. The van der Waals surface area contributed by atoms with Crippen molar-refractivity contribution in [3.8, 4) is 0 Å². The third-order valence-electron chi connectivity index (χ3n) is 5.24. The molecule has 6 heteroatoms. The summed E-state index contributed by atoms with van der Waals surface area (Å²) in [5.41, 5.74) is 3.13. The van der Waals surface area contributed by atoms with E-state index in [1.807, 2.05) is 10.8 Å². The Morgan fingerprint density at radius 3 is 2.55 bits per heavy atom. The first-order chi connectivity index (χ1) is 14.2. The molecule has 29 heavy (non-hydrogen) atoms. The van der Waals surface area contributed by atoms with E-state index >= 15 is 0 Å². The molecule has 0 saturated carbocycles. The van der Waals surface area contributed by atoms with Gasteiger partial charge in [-0.05, 0) is 54.9 Å². The molecule has 0 atom stereocenters. The highest BCUT2D eigenvalue weighted by atomic mass is 32.1. The molecular weight excluding hydrogens is 382 g/mol. The Morgan fingerprint density at radius 1 is 1.00 bits per heavy atom. The number of hydrogen-bond acceptors (Lipinski definition) is 4. The third kappa shape index (κ3) is 7.63. The highest BCUT2D eigenvalue weighted by molar-refractivity contribution is 7.08. The van der Waals surface area contributed by atoms with Crippen molar-refractivity contribution in [3.63, 3.8) is 0 Å². The monoisotopic (exact) mass is 413 g/mol. The van der Waals surface area contributed by atoms with E-state index in [1.54, 1.807) is 6.07 Å². The van der Waals surface area contributed by atoms with Crippen molar-refractivity contribution in [2.24, 2.45) is 0 Å². The van der Waals surface area contributed by atoms with Gasteiger partial charge in [0.15, 0.2) is 0 Å². The Kier molecular flexibility index (Phi) is 8.71. The van der Waals surface area contributed by atoms with Gasteiger partial charge in [0.2, 0.25) is 5.91 Å². The van der Waals surface area contributed by atoms with E-state index in [0.29, 0.717) is 31.5 Å². The lowest BCUT2D eigenvalue weighted by molar-refractivity contribution is -0.121. The Balaban J connectivity index is 1.34. The molecule has 0 unspecified atom stereocenters. The van der Waals surface area contributed by atoms with Crippen LogP contribution in [0.25, 0.3) is 0 Å². The molecule has 1 aliphatic rings. The number of nitrogens with zero attached hydrogens (tertiary/aromatic N) is 1. The number of carbonyl (C=O) groups excluding carboxylic acids is 2. The molecule has 1 aromatic carbocycles. The summed E-state index contributed by atoms with van der Waals surface area (Å²) in [4.78, 5) is 26.5. The summed E-state index contributed by atoms with van der Waals surface area (Å²) in [6.07, 6.45) is 6.33. The van der Waals surface area contributed by atoms with Crippen molar-refractivity contribution in [1.29, 1.82) is 0 Å². The van der Waals surface area contributed by atoms with Crippen LogP contribution in [0.15, 0.2) is 41.1 Å². The minimum absolute atomic E-state index is 0.0210. The van der Waals surface area contributed by atoms with Crippen molar-refractivity contribution in [3.05, 3.63) is 57.8 Å². The third-order valence-corrected chi connectivity index (χ3v) is 5.92. The minimum atomic E-state index is -0.0760. The van der Waals surface area contributed by atoms with Gasteiger partial charge in [-0.25, -0.2) is 0 Å². The number of thiophene rings is 1. The Labute approximate surface area is 177 Å². The SMILES string of the molecule is O=C(CCCNC(=O)c1ccsc1)NCc1cccc(CN2CCCCCC2)c1. The van der Waals surface area contributed by atoms with Crippen LogP contribution in [0, 0.1) is 0 Å². The van der Waals surface area contributed by atoms with Gasteiger partial charge >= 0.3 is 0 Å². The molecule has 2 heterocycles. The largest absolute Gasteiger partial charge is 0.352 e. The standard InChI is InChI=1S/C23H31N3O2S/c27-22(9-6-11-24-23(28)21-10-14-29-18-21)25-16-19-7-5-8-20(15-19)17-26-12-3-1-2-4-13-26/h5,7-8,10,14-15,18H,1-4,6,9,11-13,16-17H2,(H,24,28)(H,25,27). The normalized spacial score (nSPS) is 14.9. The topological polar surface area (TPSA) is 61.4 Å². The lowest BCUT2D eigenvalue weighted by Gasteiger charge is -2.20.